The molecule has 16 heavy (non-hydrogen) atoms. The van der Waals surface area contributed by atoms with E-state index in [1.165, 1.54) is 30.4 Å². The summed E-state index contributed by atoms with van der Waals surface area (Å²) in [7, 11) is 6.04. The Labute approximate surface area is 104 Å². The van der Waals surface area contributed by atoms with Crippen LogP contribution >= 0.6 is 12.4 Å². The van der Waals surface area contributed by atoms with Crippen LogP contribution in [-0.2, 0) is 6.42 Å². The fourth-order valence-electron chi connectivity index (χ4n) is 2.43. The Morgan fingerprint density at radius 3 is 2.69 bits per heavy atom. The monoisotopic (exact) mass is 241 g/mol. The van der Waals surface area contributed by atoms with Gasteiger partial charge in [-0.2, -0.15) is 0 Å². The molecule has 0 saturated carbocycles. The van der Waals surface area contributed by atoms with E-state index in [2.05, 4.69) is 37.2 Å². The van der Waals surface area contributed by atoms with E-state index >= 15 is 0 Å². The van der Waals surface area contributed by atoms with Gasteiger partial charge in [-0.1, -0.05) is 6.07 Å². The van der Waals surface area contributed by atoms with Crippen LogP contribution in [0.5, 0.6) is 5.75 Å². The molecule has 2 nitrogen and oxygen atoms in total. The lowest BCUT2D eigenvalue weighted by molar-refractivity contribution is 0.268. The minimum atomic E-state index is 0. The van der Waals surface area contributed by atoms with E-state index in [1.807, 2.05) is 0 Å². The van der Waals surface area contributed by atoms with Crippen molar-refractivity contribution in [3.63, 3.8) is 0 Å². The van der Waals surface area contributed by atoms with Crippen LogP contribution in [0.25, 0.3) is 0 Å². The molecule has 1 atom stereocenters. The lowest BCUT2D eigenvalue weighted by Gasteiger charge is -2.30. The third kappa shape index (κ3) is 2.50. The predicted molar refractivity (Wildman–Crippen MR) is 69.6 cm³/mol. The first-order chi connectivity index (χ1) is 7.22. The van der Waals surface area contributed by atoms with Crippen LogP contribution in [0.15, 0.2) is 18.2 Å². The van der Waals surface area contributed by atoms with Gasteiger partial charge < -0.3 is 9.64 Å². The number of rotatable bonds is 2. The van der Waals surface area contributed by atoms with Crippen LogP contribution in [0.3, 0.4) is 0 Å². The van der Waals surface area contributed by atoms with Crippen LogP contribution in [-0.4, -0.2) is 26.1 Å². The standard InChI is InChI=1S/C13H19NO.ClH/c1-14(2)13-6-4-5-10-9-11(15-3)7-8-12(10)13;/h7-9,13H,4-6H2,1-3H3;1H/t13-;/m0./s1. The fraction of sp³-hybridized carbons (Fsp3) is 0.538. The molecule has 0 saturated heterocycles. The lowest BCUT2D eigenvalue weighted by Crippen LogP contribution is -2.24. The summed E-state index contributed by atoms with van der Waals surface area (Å²) in [5.41, 5.74) is 2.94. The van der Waals surface area contributed by atoms with Crippen LogP contribution in [0.4, 0.5) is 0 Å². The highest BCUT2D eigenvalue weighted by molar-refractivity contribution is 5.85. The number of hydrogen-bond acceptors (Lipinski definition) is 2. The first-order valence-electron chi connectivity index (χ1n) is 5.55. The molecular weight excluding hydrogens is 222 g/mol. The number of benzene rings is 1. The zero-order chi connectivity index (χ0) is 10.8. The molecule has 0 fully saturated rings. The SMILES string of the molecule is COc1ccc2c(c1)CCC[C@@H]2N(C)C.Cl. The van der Waals surface area contributed by atoms with E-state index in [0.29, 0.717) is 6.04 Å². The van der Waals surface area contributed by atoms with Crippen molar-refractivity contribution in [2.75, 3.05) is 21.2 Å². The molecule has 0 aliphatic heterocycles. The lowest BCUT2D eigenvalue weighted by atomic mass is 9.87. The molecular formula is C13H20ClNO. The fourth-order valence-corrected chi connectivity index (χ4v) is 2.43. The van der Waals surface area contributed by atoms with E-state index in [0.717, 1.165) is 5.75 Å². The third-order valence-corrected chi connectivity index (χ3v) is 3.26. The first kappa shape index (κ1) is 13.3. The molecule has 1 aliphatic carbocycles. The summed E-state index contributed by atoms with van der Waals surface area (Å²) in [6.07, 6.45) is 3.74. The van der Waals surface area contributed by atoms with E-state index in [9.17, 15) is 0 Å². The molecule has 1 aliphatic rings. The molecule has 0 N–H and O–H groups in total. The number of aryl methyl sites for hydroxylation is 1. The highest BCUT2D eigenvalue weighted by atomic mass is 35.5. The van der Waals surface area contributed by atoms with Gasteiger partial charge in [-0.3, -0.25) is 0 Å². The van der Waals surface area contributed by atoms with Gasteiger partial charge in [0.2, 0.25) is 0 Å². The quantitative estimate of drug-likeness (QED) is 0.789. The van der Waals surface area contributed by atoms with Crippen LogP contribution in [0.1, 0.15) is 30.0 Å². The smallest absolute Gasteiger partial charge is 0.119 e. The van der Waals surface area contributed by atoms with Gasteiger partial charge in [-0.25, -0.2) is 0 Å². The largest absolute Gasteiger partial charge is 0.497 e. The van der Waals surface area contributed by atoms with Crippen molar-refractivity contribution in [2.45, 2.75) is 25.3 Å². The summed E-state index contributed by atoms with van der Waals surface area (Å²) < 4.78 is 5.26. The second-order valence-electron chi connectivity index (χ2n) is 4.44. The van der Waals surface area contributed by atoms with E-state index in [-0.39, 0.29) is 12.4 Å². The van der Waals surface area contributed by atoms with Gasteiger partial charge in [-0.05, 0) is 56.6 Å². The van der Waals surface area contributed by atoms with Crippen molar-refractivity contribution in [1.82, 2.24) is 4.90 Å². The highest BCUT2D eigenvalue weighted by Gasteiger charge is 2.21. The Balaban J connectivity index is 0.00000128. The van der Waals surface area contributed by atoms with Gasteiger partial charge >= 0.3 is 0 Å². The maximum atomic E-state index is 5.26. The Morgan fingerprint density at radius 2 is 2.06 bits per heavy atom. The van der Waals surface area contributed by atoms with Crippen molar-refractivity contribution in [1.29, 1.82) is 0 Å². The van der Waals surface area contributed by atoms with Crippen LogP contribution in [0.2, 0.25) is 0 Å². The third-order valence-electron chi connectivity index (χ3n) is 3.26. The number of hydrogen-bond donors (Lipinski definition) is 0. The number of nitrogens with zero attached hydrogens (tertiary/aromatic N) is 1. The first-order valence-corrected chi connectivity index (χ1v) is 5.55. The molecule has 0 unspecified atom stereocenters. The van der Waals surface area contributed by atoms with E-state index < -0.39 is 0 Å². The average molecular weight is 242 g/mol. The van der Waals surface area contributed by atoms with Gasteiger partial charge in [0.15, 0.2) is 0 Å². The highest BCUT2D eigenvalue weighted by Crippen LogP contribution is 2.34. The Hall–Kier alpha value is -0.730. The van der Waals surface area contributed by atoms with Gasteiger partial charge in [0.05, 0.1) is 7.11 Å². The predicted octanol–water partition coefficient (Wildman–Crippen LogP) is 3.06. The Morgan fingerprint density at radius 1 is 1.31 bits per heavy atom. The Bertz CT molecular complexity index is 352. The van der Waals surface area contributed by atoms with Crippen molar-refractivity contribution in [3.8, 4) is 5.75 Å². The molecule has 0 amide bonds. The van der Waals surface area contributed by atoms with Crippen molar-refractivity contribution < 1.29 is 4.74 Å². The zero-order valence-electron chi connectivity index (χ0n) is 10.2. The Kier molecular flexibility index (Phi) is 4.63. The molecule has 0 aromatic heterocycles. The number of ether oxygens (including phenoxy) is 1. The summed E-state index contributed by atoms with van der Waals surface area (Å²) >= 11 is 0. The molecule has 1 aromatic rings. The van der Waals surface area contributed by atoms with Crippen molar-refractivity contribution in [3.05, 3.63) is 29.3 Å². The average Bonchev–Trinajstić information content (AvgIpc) is 2.27. The molecule has 0 heterocycles. The maximum Gasteiger partial charge on any atom is 0.119 e. The number of fused-ring (bicyclic) bond motifs is 1. The summed E-state index contributed by atoms with van der Waals surface area (Å²) in [6, 6.07) is 7.06. The minimum Gasteiger partial charge on any atom is -0.497 e. The van der Waals surface area contributed by atoms with Crippen LogP contribution in [0, 0.1) is 0 Å². The van der Waals surface area contributed by atoms with E-state index in [1.54, 1.807) is 7.11 Å². The molecule has 1 aromatic carbocycles. The van der Waals surface area contributed by atoms with Gasteiger partial charge in [-0.15, -0.1) is 12.4 Å². The topological polar surface area (TPSA) is 12.5 Å². The van der Waals surface area contributed by atoms with Crippen molar-refractivity contribution >= 4 is 12.4 Å². The molecule has 2 rings (SSSR count). The summed E-state index contributed by atoms with van der Waals surface area (Å²) in [6.45, 7) is 0. The second kappa shape index (κ2) is 5.55. The zero-order valence-corrected chi connectivity index (χ0v) is 11.0. The molecule has 3 heteroatoms. The van der Waals surface area contributed by atoms with Gasteiger partial charge in [0.25, 0.3) is 0 Å². The molecule has 0 bridgehead atoms. The molecule has 90 valence electrons. The number of halogens is 1. The summed E-state index contributed by atoms with van der Waals surface area (Å²) in [5, 5.41) is 0. The normalized spacial score (nSPS) is 18.9. The minimum absolute atomic E-state index is 0. The van der Waals surface area contributed by atoms with Gasteiger partial charge in [0, 0.05) is 6.04 Å². The second-order valence-corrected chi connectivity index (χ2v) is 4.44. The summed E-state index contributed by atoms with van der Waals surface area (Å²) in [5.74, 6) is 0.980. The molecule has 0 radical (unpaired) electrons. The van der Waals surface area contributed by atoms with E-state index in [4.69, 9.17) is 4.74 Å². The van der Waals surface area contributed by atoms with Crippen LogP contribution < -0.4 is 4.74 Å². The molecule has 0 spiro atoms. The number of methoxy groups -OCH3 is 1. The van der Waals surface area contributed by atoms with Gasteiger partial charge in [0.1, 0.15) is 5.75 Å². The maximum absolute atomic E-state index is 5.26. The summed E-state index contributed by atoms with van der Waals surface area (Å²) in [4.78, 5) is 2.31. The van der Waals surface area contributed by atoms with Crippen molar-refractivity contribution in [2.24, 2.45) is 0 Å².